The summed E-state index contributed by atoms with van der Waals surface area (Å²) >= 11 is 1.35. The van der Waals surface area contributed by atoms with Crippen molar-refractivity contribution in [2.24, 2.45) is 5.92 Å². The van der Waals surface area contributed by atoms with Gasteiger partial charge in [0.05, 0.1) is 4.88 Å². The van der Waals surface area contributed by atoms with Crippen molar-refractivity contribution in [3.8, 4) is 0 Å². The number of hydrogen-bond acceptors (Lipinski definition) is 4. The molecule has 1 aliphatic heterocycles. The van der Waals surface area contributed by atoms with Crippen LogP contribution >= 0.6 is 11.3 Å². The molecule has 0 saturated carbocycles. The third-order valence-corrected chi connectivity index (χ3v) is 6.71. The van der Waals surface area contributed by atoms with Crippen LogP contribution < -0.4 is 5.32 Å². The molecule has 2 N–H and O–H groups in total. The number of benzene rings is 1. The molecule has 168 valence electrons. The second kappa shape index (κ2) is 9.56. The summed E-state index contributed by atoms with van der Waals surface area (Å²) in [6.45, 7) is 5.74. The summed E-state index contributed by atoms with van der Waals surface area (Å²) in [4.78, 5) is 45.9. The highest BCUT2D eigenvalue weighted by molar-refractivity contribution is 7.12. The Hall–Kier alpha value is -3.13. The Bertz CT molecular complexity index is 1100. The predicted octanol–water partition coefficient (Wildman–Crippen LogP) is 2.90. The van der Waals surface area contributed by atoms with Crippen molar-refractivity contribution in [2.45, 2.75) is 26.3 Å². The van der Waals surface area contributed by atoms with Crippen LogP contribution in [0.2, 0.25) is 0 Å². The minimum atomic E-state index is -0.684. The summed E-state index contributed by atoms with van der Waals surface area (Å²) in [6.07, 6.45) is 2.30. The number of nitrogens with zero attached hydrogens (tertiary/aromatic N) is 2. The zero-order valence-electron chi connectivity index (χ0n) is 18.3. The minimum absolute atomic E-state index is 0.0584. The first-order chi connectivity index (χ1) is 15.4. The van der Waals surface area contributed by atoms with Gasteiger partial charge in [0.25, 0.3) is 5.91 Å². The van der Waals surface area contributed by atoms with E-state index in [9.17, 15) is 14.4 Å². The molecule has 1 saturated heterocycles. The van der Waals surface area contributed by atoms with Crippen LogP contribution in [0.5, 0.6) is 0 Å². The molecule has 0 bridgehead atoms. The van der Waals surface area contributed by atoms with Gasteiger partial charge < -0.3 is 20.1 Å². The van der Waals surface area contributed by atoms with Crippen molar-refractivity contribution in [3.05, 3.63) is 58.4 Å². The number of hydrogen-bond donors (Lipinski definition) is 2. The summed E-state index contributed by atoms with van der Waals surface area (Å²) < 4.78 is 0. The topological polar surface area (TPSA) is 85.5 Å². The smallest absolute Gasteiger partial charge is 0.262 e. The van der Waals surface area contributed by atoms with Crippen LogP contribution in [0.4, 0.5) is 0 Å². The van der Waals surface area contributed by atoms with Crippen molar-refractivity contribution in [1.82, 2.24) is 20.1 Å². The van der Waals surface area contributed by atoms with E-state index in [2.05, 4.69) is 10.3 Å². The lowest BCUT2D eigenvalue weighted by atomic mass is 10.0. The normalized spacial score (nSPS) is 15.2. The summed E-state index contributed by atoms with van der Waals surface area (Å²) in [5.41, 5.74) is 1.98. The fourth-order valence-corrected chi connectivity index (χ4v) is 4.72. The minimum Gasteiger partial charge on any atom is -0.361 e. The van der Waals surface area contributed by atoms with E-state index in [4.69, 9.17) is 0 Å². The molecule has 32 heavy (non-hydrogen) atoms. The third kappa shape index (κ3) is 4.70. The van der Waals surface area contributed by atoms with Gasteiger partial charge in [-0.25, -0.2) is 0 Å². The van der Waals surface area contributed by atoms with Gasteiger partial charge in [-0.1, -0.05) is 38.1 Å². The fourth-order valence-electron chi connectivity index (χ4n) is 4.09. The van der Waals surface area contributed by atoms with Gasteiger partial charge in [-0.2, -0.15) is 0 Å². The van der Waals surface area contributed by atoms with E-state index in [1.165, 1.54) is 11.3 Å². The molecule has 3 amide bonds. The van der Waals surface area contributed by atoms with E-state index in [1.807, 2.05) is 60.7 Å². The highest BCUT2D eigenvalue weighted by atomic mass is 32.1. The number of thiophene rings is 1. The molecule has 3 aromatic rings. The summed E-state index contributed by atoms with van der Waals surface area (Å²) in [5, 5.41) is 5.85. The number of rotatable bonds is 6. The van der Waals surface area contributed by atoms with E-state index in [1.54, 1.807) is 11.0 Å². The SMILES string of the molecule is CC(C)C(=O)N1CCN(C(=O)C(Cc2c[nH]c3ccccc23)NC(=O)c2cccs2)CC1. The first-order valence-electron chi connectivity index (χ1n) is 10.9. The number of carbonyl (C=O) groups is 3. The Morgan fingerprint density at radius 3 is 2.34 bits per heavy atom. The number of nitrogens with one attached hydrogen (secondary N) is 2. The number of para-hydroxylation sites is 1. The van der Waals surface area contributed by atoms with Gasteiger partial charge in [0.2, 0.25) is 11.8 Å². The number of H-pyrrole nitrogens is 1. The van der Waals surface area contributed by atoms with Crippen LogP contribution in [-0.4, -0.2) is 64.7 Å². The number of aromatic nitrogens is 1. The number of piperazine rings is 1. The lowest BCUT2D eigenvalue weighted by Crippen LogP contribution is -2.56. The summed E-state index contributed by atoms with van der Waals surface area (Å²) in [5.74, 6) is -0.306. The van der Waals surface area contributed by atoms with Crippen molar-refractivity contribution < 1.29 is 14.4 Å². The van der Waals surface area contributed by atoms with Crippen LogP contribution in [0.3, 0.4) is 0 Å². The highest BCUT2D eigenvalue weighted by Crippen LogP contribution is 2.20. The molecule has 1 atom stereocenters. The fraction of sp³-hybridized carbons (Fsp3) is 0.375. The molecule has 4 rings (SSSR count). The molecule has 1 unspecified atom stereocenters. The van der Waals surface area contributed by atoms with Gasteiger partial charge in [-0.15, -0.1) is 11.3 Å². The molecule has 0 radical (unpaired) electrons. The maximum atomic E-state index is 13.5. The van der Waals surface area contributed by atoms with Crippen LogP contribution in [0.25, 0.3) is 10.9 Å². The lowest BCUT2D eigenvalue weighted by molar-refractivity contribution is -0.142. The van der Waals surface area contributed by atoms with Gasteiger partial charge in [0.1, 0.15) is 6.04 Å². The van der Waals surface area contributed by atoms with Gasteiger partial charge >= 0.3 is 0 Å². The molecule has 8 heteroatoms. The Kier molecular flexibility index (Phi) is 6.60. The van der Waals surface area contributed by atoms with E-state index >= 15 is 0 Å². The van der Waals surface area contributed by atoms with E-state index in [0.29, 0.717) is 37.5 Å². The van der Waals surface area contributed by atoms with Gasteiger partial charge in [0, 0.05) is 55.6 Å². The van der Waals surface area contributed by atoms with Gasteiger partial charge in [-0.05, 0) is 23.1 Å². The lowest BCUT2D eigenvalue weighted by Gasteiger charge is -2.37. The summed E-state index contributed by atoms with van der Waals surface area (Å²) in [6, 6.07) is 10.8. The monoisotopic (exact) mass is 452 g/mol. The molecule has 2 aromatic heterocycles. The van der Waals surface area contributed by atoms with E-state index in [-0.39, 0.29) is 23.6 Å². The predicted molar refractivity (Wildman–Crippen MR) is 126 cm³/mol. The van der Waals surface area contributed by atoms with Crippen LogP contribution in [-0.2, 0) is 16.0 Å². The maximum absolute atomic E-state index is 13.5. The van der Waals surface area contributed by atoms with E-state index < -0.39 is 6.04 Å². The van der Waals surface area contributed by atoms with Gasteiger partial charge in [-0.3, -0.25) is 14.4 Å². The molecule has 7 nitrogen and oxygen atoms in total. The number of fused-ring (bicyclic) bond motifs is 1. The number of amides is 3. The number of carbonyl (C=O) groups excluding carboxylic acids is 3. The average Bonchev–Trinajstić information content (AvgIpc) is 3.48. The Balaban J connectivity index is 1.51. The zero-order valence-corrected chi connectivity index (χ0v) is 19.2. The van der Waals surface area contributed by atoms with Crippen molar-refractivity contribution >= 4 is 40.0 Å². The second-order valence-electron chi connectivity index (χ2n) is 8.37. The molecular weight excluding hydrogens is 424 g/mol. The standard InChI is InChI=1S/C24H28N4O3S/c1-16(2)23(30)27-9-11-28(12-10-27)24(31)20(26-22(29)21-8-5-13-32-21)14-17-15-25-19-7-4-3-6-18(17)19/h3-8,13,15-16,20,25H,9-12,14H2,1-2H3,(H,26,29). The van der Waals surface area contributed by atoms with Crippen molar-refractivity contribution in [3.63, 3.8) is 0 Å². The molecule has 1 aromatic carbocycles. The van der Waals surface area contributed by atoms with Crippen molar-refractivity contribution in [2.75, 3.05) is 26.2 Å². The number of aromatic amines is 1. The molecular formula is C24H28N4O3S. The second-order valence-corrected chi connectivity index (χ2v) is 9.32. The van der Waals surface area contributed by atoms with Crippen LogP contribution in [0, 0.1) is 5.92 Å². The molecule has 3 heterocycles. The molecule has 1 fully saturated rings. The maximum Gasteiger partial charge on any atom is 0.262 e. The van der Waals surface area contributed by atoms with Crippen molar-refractivity contribution in [1.29, 1.82) is 0 Å². The quantitative estimate of drug-likeness (QED) is 0.603. The zero-order chi connectivity index (χ0) is 22.7. The molecule has 0 aliphatic carbocycles. The van der Waals surface area contributed by atoms with E-state index in [0.717, 1.165) is 16.5 Å². The Labute approximate surface area is 191 Å². The van der Waals surface area contributed by atoms with Crippen LogP contribution in [0.1, 0.15) is 29.1 Å². The molecule has 1 aliphatic rings. The Morgan fingerprint density at radius 2 is 1.69 bits per heavy atom. The Morgan fingerprint density at radius 1 is 1.00 bits per heavy atom. The average molecular weight is 453 g/mol. The van der Waals surface area contributed by atoms with Crippen LogP contribution in [0.15, 0.2) is 48.0 Å². The third-order valence-electron chi connectivity index (χ3n) is 5.84. The summed E-state index contributed by atoms with van der Waals surface area (Å²) in [7, 11) is 0. The highest BCUT2D eigenvalue weighted by Gasteiger charge is 2.31. The largest absolute Gasteiger partial charge is 0.361 e. The first-order valence-corrected chi connectivity index (χ1v) is 11.8. The molecule has 0 spiro atoms. The van der Waals surface area contributed by atoms with Gasteiger partial charge in [0.15, 0.2) is 0 Å². The first kappa shape index (κ1) is 22.1.